The van der Waals surface area contributed by atoms with E-state index in [4.69, 9.17) is 4.98 Å². The second kappa shape index (κ2) is 19.9. The molecule has 194 valence electrons. The molecule has 0 bridgehead atoms. The first-order chi connectivity index (χ1) is 16.9. The van der Waals surface area contributed by atoms with Crippen LogP contribution in [0.1, 0.15) is 155 Å². The van der Waals surface area contributed by atoms with Crippen molar-refractivity contribution in [2.75, 3.05) is 0 Å². The molecule has 0 saturated heterocycles. The molecule has 2 aromatic rings. The standard InChI is InChI=1S/C31H55N3/c1-3-5-7-9-11-13-14-15-17-19-21-23-28-34-29-25-24-27-32-31(29)33-30(34)26-22-20-18-16-12-10-8-6-4-2/h24-25,27H,3-23,26,28H2,1-2H3. The smallest absolute Gasteiger partial charge is 0.177 e. The van der Waals surface area contributed by atoms with Gasteiger partial charge in [0.2, 0.25) is 0 Å². The van der Waals surface area contributed by atoms with Crippen molar-refractivity contribution < 1.29 is 0 Å². The van der Waals surface area contributed by atoms with Gasteiger partial charge in [-0.2, -0.15) is 0 Å². The molecule has 2 rings (SSSR count). The van der Waals surface area contributed by atoms with E-state index < -0.39 is 0 Å². The molecule has 2 aromatic heterocycles. The van der Waals surface area contributed by atoms with E-state index in [0.717, 1.165) is 18.6 Å². The van der Waals surface area contributed by atoms with E-state index in [1.165, 1.54) is 146 Å². The molecule has 0 amide bonds. The number of unbranched alkanes of at least 4 members (excludes halogenated alkanes) is 19. The van der Waals surface area contributed by atoms with Gasteiger partial charge in [-0.15, -0.1) is 0 Å². The fourth-order valence-electron chi connectivity index (χ4n) is 5.15. The third-order valence-electron chi connectivity index (χ3n) is 7.34. The predicted molar refractivity (Wildman–Crippen MR) is 150 cm³/mol. The van der Waals surface area contributed by atoms with E-state index >= 15 is 0 Å². The van der Waals surface area contributed by atoms with Crippen LogP contribution < -0.4 is 0 Å². The summed E-state index contributed by atoms with van der Waals surface area (Å²) in [5, 5.41) is 0. The zero-order valence-electron chi connectivity index (χ0n) is 22.8. The van der Waals surface area contributed by atoms with E-state index in [1.807, 2.05) is 6.20 Å². The minimum Gasteiger partial charge on any atom is -0.327 e. The number of rotatable bonds is 23. The van der Waals surface area contributed by atoms with E-state index in [1.54, 1.807) is 0 Å². The first kappa shape index (κ1) is 28.9. The van der Waals surface area contributed by atoms with Gasteiger partial charge in [-0.3, -0.25) is 0 Å². The van der Waals surface area contributed by atoms with Crippen molar-refractivity contribution in [3.05, 3.63) is 24.2 Å². The molecule has 0 aliphatic rings. The monoisotopic (exact) mass is 469 g/mol. The summed E-state index contributed by atoms with van der Waals surface area (Å²) in [5.41, 5.74) is 2.17. The van der Waals surface area contributed by atoms with Crippen molar-refractivity contribution in [3.8, 4) is 0 Å². The number of aromatic nitrogens is 3. The number of pyridine rings is 1. The Hall–Kier alpha value is -1.38. The van der Waals surface area contributed by atoms with E-state index in [9.17, 15) is 0 Å². The zero-order valence-corrected chi connectivity index (χ0v) is 22.8. The highest BCUT2D eigenvalue weighted by molar-refractivity contribution is 5.71. The van der Waals surface area contributed by atoms with Gasteiger partial charge in [-0.05, 0) is 25.0 Å². The lowest BCUT2D eigenvalue weighted by Crippen LogP contribution is -2.04. The Morgan fingerprint density at radius 2 is 1.06 bits per heavy atom. The second-order valence-corrected chi connectivity index (χ2v) is 10.5. The van der Waals surface area contributed by atoms with Crippen LogP contribution >= 0.6 is 0 Å². The first-order valence-corrected chi connectivity index (χ1v) is 15.2. The second-order valence-electron chi connectivity index (χ2n) is 10.5. The molecule has 0 radical (unpaired) electrons. The van der Waals surface area contributed by atoms with Gasteiger partial charge < -0.3 is 4.57 Å². The average molecular weight is 470 g/mol. The largest absolute Gasteiger partial charge is 0.327 e. The van der Waals surface area contributed by atoms with Crippen molar-refractivity contribution in [2.45, 2.75) is 162 Å². The molecule has 34 heavy (non-hydrogen) atoms. The van der Waals surface area contributed by atoms with Gasteiger partial charge in [0.1, 0.15) is 5.82 Å². The van der Waals surface area contributed by atoms with Crippen LogP contribution in [-0.2, 0) is 13.0 Å². The fourth-order valence-corrected chi connectivity index (χ4v) is 5.15. The van der Waals surface area contributed by atoms with Crippen molar-refractivity contribution in [1.29, 1.82) is 0 Å². The Bertz CT molecular complexity index is 721. The van der Waals surface area contributed by atoms with Gasteiger partial charge in [0, 0.05) is 19.2 Å². The minimum absolute atomic E-state index is 0.937. The molecular weight excluding hydrogens is 414 g/mol. The van der Waals surface area contributed by atoms with Crippen molar-refractivity contribution in [1.82, 2.24) is 14.5 Å². The average Bonchev–Trinajstić information content (AvgIpc) is 3.21. The molecule has 0 saturated carbocycles. The fraction of sp³-hybridized carbons (Fsp3) is 0.806. The summed E-state index contributed by atoms with van der Waals surface area (Å²) >= 11 is 0. The maximum atomic E-state index is 4.91. The quantitative estimate of drug-likeness (QED) is 0.151. The lowest BCUT2D eigenvalue weighted by molar-refractivity contribution is 0.522. The summed E-state index contributed by atoms with van der Waals surface area (Å²) in [4.78, 5) is 9.44. The topological polar surface area (TPSA) is 30.7 Å². The molecule has 0 unspecified atom stereocenters. The van der Waals surface area contributed by atoms with Gasteiger partial charge in [0.15, 0.2) is 5.65 Å². The number of hydrogen-bond acceptors (Lipinski definition) is 2. The molecule has 0 spiro atoms. The first-order valence-electron chi connectivity index (χ1n) is 15.2. The third kappa shape index (κ3) is 12.4. The molecule has 0 aliphatic carbocycles. The van der Waals surface area contributed by atoms with Crippen molar-refractivity contribution in [2.24, 2.45) is 0 Å². The van der Waals surface area contributed by atoms with Crippen LogP contribution in [0.15, 0.2) is 18.3 Å². The lowest BCUT2D eigenvalue weighted by Gasteiger charge is -2.09. The SMILES string of the molecule is CCCCCCCCCCCCCCn1c(CCCCCCCCCCC)nc2ncccc21. The summed E-state index contributed by atoms with van der Waals surface area (Å²) in [6.45, 7) is 5.69. The van der Waals surface area contributed by atoms with Gasteiger partial charge in [-0.25, -0.2) is 9.97 Å². The molecule has 0 fully saturated rings. The minimum atomic E-state index is 0.937. The number of imidazole rings is 1. The molecule has 0 atom stereocenters. The Morgan fingerprint density at radius 1 is 0.588 bits per heavy atom. The van der Waals surface area contributed by atoms with Crippen molar-refractivity contribution >= 4 is 11.2 Å². The number of aryl methyl sites for hydroxylation is 2. The Kier molecular flexibility index (Phi) is 16.9. The van der Waals surface area contributed by atoms with E-state index in [-0.39, 0.29) is 0 Å². The van der Waals surface area contributed by atoms with Crippen LogP contribution in [0.5, 0.6) is 0 Å². The highest BCUT2D eigenvalue weighted by atomic mass is 15.1. The summed E-state index contributed by atoms with van der Waals surface area (Å²) in [5.74, 6) is 1.26. The summed E-state index contributed by atoms with van der Waals surface area (Å²) in [7, 11) is 0. The van der Waals surface area contributed by atoms with Crippen LogP contribution in [0.25, 0.3) is 11.2 Å². The molecule has 3 nitrogen and oxygen atoms in total. The number of fused-ring (bicyclic) bond motifs is 1. The normalized spacial score (nSPS) is 11.6. The maximum Gasteiger partial charge on any atom is 0.177 e. The molecule has 0 aliphatic heterocycles. The van der Waals surface area contributed by atoms with Crippen LogP contribution in [-0.4, -0.2) is 14.5 Å². The summed E-state index contributed by atoms with van der Waals surface area (Å²) < 4.78 is 2.48. The third-order valence-corrected chi connectivity index (χ3v) is 7.34. The van der Waals surface area contributed by atoms with Crippen LogP contribution in [0, 0.1) is 0 Å². The zero-order chi connectivity index (χ0) is 24.1. The Balaban J connectivity index is 1.60. The van der Waals surface area contributed by atoms with Gasteiger partial charge in [-0.1, -0.05) is 136 Å². The van der Waals surface area contributed by atoms with Crippen LogP contribution in [0.4, 0.5) is 0 Å². The predicted octanol–water partition coefficient (Wildman–Crippen LogP) is 10.2. The van der Waals surface area contributed by atoms with Gasteiger partial charge in [0.05, 0.1) is 5.52 Å². The number of nitrogens with zero attached hydrogens (tertiary/aromatic N) is 3. The van der Waals surface area contributed by atoms with E-state index in [0.29, 0.717) is 0 Å². The molecule has 3 heteroatoms. The van der Waals surface area contributed by atoms with Crippen LogP contribution in [0.2, 0.25) is 0 Å². The highest BCUT2D eigenvalue weighted by Gasteiger charge is 2.11. The molecule has 2 heterocycles. The van der Waals surface area contributed by atoms with Crippen LogP contribution in [0.3, 0.4) is 0 Å². The van der Waals surface area contributed by atoms with Gasteiger partial charge >= 0.3 is 0 Å². The highest BCUT2D eigenvalue weighted by Crippen LogP contribution is 2.19. The van der Waals surface area contributed by atoms with E-state index in [2.05, 4.69) is 35.5 Å². The lowest BCUT2D eigenvalue weighted by atomic mass is 10.1. The Morgan fingerprint density at radius 3 is 1.59 bits per heavy atom. The maximum absolute atomic E-state index is 4.91. The summed E-state index contributed by atoms with van der Waals surface area (Å²) in [6, 6.07) is 4.26. The molecule has 0 aromatic carbocycles. The molecular formula is C31H55N3. The summed E-state index contributed by atoms with van der Waals surface area (Å²) in [6.07, 6.45) is 32.2. The van der Waals surface area contributed by atoms with Crippen molar-refractivity contribution in [3.63, 3.8) is 0 Å². The van der Waals surface area contributed by atoms with Gasteiger partial charge in [0.25, 0.3) is 0 Å². The number of hydrogen-bond donors (Lipinski definition) is 0. The Labute approximate surface area is 211 Å². The molecule has 0 N–H and O–H groups in total.